The molecule has 4 aromatic carbocycles. The van der Waals surface area contributed by atoms with Gasteiger partial charge in [-0.3, -0.25) is 24.1 Å². The number of rotatable bonds is 9. The van der Waals surface area contributed by atoms with E-state index in [1.807, 2.05) is 18.2 Å². The molecule has 61 heavy (non-hydrogen) atoms. The number of piperidine rings is 2. The van der Waals surface area contributed by atoms with Gasteiger partial charge in [0.15, 0.2) is 0 Å². The molecule has 0 radical (unpaired) electrons. The number of H-pyrrole nitrogens is 1. The summed E-state index contributed by atoms with van der Waals surface area (Å²) >= 11 is 0. The van der Waals surface area contributed by atoms with Crippen molar-refractivity contribution >= 4 is 28.5 Å². The first-order valence-electron chi connectivity index (χ1n) is 21.2. The van der Waals surface area contributed by atoms with Gasteiger partial charge in [0, 0.05) is 83.3 Å². The maximum Gasteiger partial charge on any atom is 0.272 e. The van der Waals surface area contributed by atoms with Crippen LogP contribution in [0.3, 0.4) is 0 Å². The molecule has 10 rings (SSSR count). The predicted octanol–water partition coefficient (Wildman–Crippen LogP) is 5.44. The van der Waals surface area contributed by atoms with Crippen molar-refractivity contribution in [1.82, 2.24) is 34.7 Å². The Bertz CT molecular complexity index is 2500. The van der Waals surface area contributed by atoms with Crippen LogP contribution in [0.1, 0.15) is 51.2 Å². The lowest BCUT2D eigenvalue weighted by atomic mass is 9.71. The minimum Gasteiger partial charge on any atom is -0.338 e. The summed E-state index contributed by atoms with van der Waals surface area (Å²) < 4.78 is 45.7. The second kappa shape index (κ2) is 17.3. The number of amides is 3. The van der Waals surface area contributed by atoms with E-state index in [2.05, 4.69) is 20.0 Å². The third kappa shape index (κ3) is 8.43. The van der Waals surface area contributed by atoms with Gasteiger partial charge in [-0.15, -0.1) is 0 Å². The van der Waals surface area contributed by atoms with E-state index in [0.717, 1.165) is 52.0 Å². The number of benzene rings is 4. The molecule has 316 valence electrons. The Morgan fingerprint density at radius 3 is 2.07 bits per heavy atom. The number of aromatic nitrogens is 2. The highest BCUT2D eigenvalue weighted by atomic mass is 19.1. The van der Waals surface area contributed by atoms with E-state index in [-0.39, 0.29) is 35.5 Å². The smallest absolute Gasteiger partial charge is 0.272 e. The summed E-state index contributed by atoms with van der Waals surface area (Å²) in [7, 11) is 0. The van der Waals surface area contributed by atoms with Crippen LogP contribution in [0, 0.1) is 29.3 Å². The zero-order valence-electron chi connectivity index (χ0n) is 33.9. The van der Waals surface area contributed by atoms with E-state index in [0.29, 0.717) is 78.2 Å². The highest BCUT2D eigenvalue weighted by Crippen LogP contribution is 2.41. The normalized spacial score (nSPS) is 21.0. The SMILES string of the molecule is O=C(CN1CCN(C[C@H]2C[C@H]3CC[C@@H]2CN3C(=O)c2c(F)cc(-c3ccccc3)cc2F)CC1)N1CCN(C(=O)c2cc(Cc3n[nH]c(=O)c4ccccc34)ccc2F)CC1. The number of nitrogens with zero attached hydrogens (tertiary/aromatic N) is 6. The summed E-state index contributed by atoms with van der Waals surface area (Å²) in [5.74, 6) is -2.63. The van der Waals surface area contributed by atoms with Crippen LogP contribution in [0.2, 0.25) is 0 Å². The number of fused-ring (bicyclic) bond motifs is 4. The second-order valence-corrected chi connectivity index (χ2v) is 16.9. The zero-order valence-corrected chi connectivity index (χ0v) is 33.9. The van der Waals surface area contributed by atoms with Crippen molar-refractivity contribution in [3.05, 3.63) is 135 Å². The number of carbonyl (C=O) groups is 3. The van der Waals surface area contributed by atoms with Crippen LogP contribution in [-0.2, 0) is 11.2 Å². The molecular weight excluding hydrogens is 784 g/mol. The molecule has 14 heteroatoms. The third-order valence-electron chi connectivity index (χ3n) is 13.3. The van der Waals surface area contributed by atoms with Crippen molar-refractivity contribution in [2.24, 2.45) is 11.8 Å². The lowest BCUT2D eigenvalue weighted by Gasteiger charge is -2.51. The Balaban J connectivity index is 0.730. The molecule has 2 bridgehead atoms. The average molecular weight is 832 g/mol. The summed E-state index contributed by atoms with van der Waals surface area (Å²) in [6, 6.07) is 23.0. The van der Waals surface area contributed by atoms with Gasteiger partial charge >= 0.3 is 0 Å². The van der Waals surface area contributed by atoms with Gasteiger partial charge in [0.1, 0.15) is 23.0 Å². The number of hydrogen-bond acceptors (Lipinski definition) is 7. The molecule has 1 aliphatic carbocycles. The molecule has 5 heterocycles. The zero-order chi connectivity index (χ0) is 42.2. The fourth-order valence-corrected chi connectivity index (χ4v) is 9.85. The number of hydrogen-bond donors (Lipinski definition) is 1. The Hall–Kier alpha value is -5.86. The number of piperazine rings is 2. The molecule has 1 N–H and O–H groups in total. The molecule has 3 atom stereocenters. The van der Waals surface area contributed by atoms with Gasteiger partial charge in [-0.1, -0.05) is 54.6 Å². The number of aromatic amines is 1. The summed E-state index contributed by atoms with van der Waals surface area (Å²) in [6.07, 6.45) is 2.92. The van der Waals surface area contributed by atoms with Gasteiger partial charge in [-0.05, 0) is 78.1 Å². The van der Waals surface area contributed by atoms with E-state index in [9.17, 15) is 19.2 Å². The maximum absolute atomic E-state index is 15.3. The van der Waals surface area contributed by atoms with Gasteiger partial charge in [-0.25, -0.2) is 18.3 Å². The Morgan fingerprint density at radius 1 is 0.689 bits per heavy atom. The molecular formula is C47H48F3N7O4. The van der Waals surface area contributed by atoms with Gasteiger partial charge in [0.25, 0.3) is 17.4 Å². The average Bonchev–Trinajstić information content (AvgIpc) is 3.28. The van der Waals surface area contributed by atoms with Crippen molar-refractivity contribution in [2.45, 2.75) is 31.7 Å². The van der Waals surface area contributed by atoms with Crippen molar-refractivity contribution in [3.63, 3.8) is 0 Å². The number of carbonyl (C=O) groups excluding carboxylic acids is 3. The Kier molecular flexibility index (Phi) is 11.5. The monoisotopic (exact) mass is 831 g/mol. The second-order valence-electron chi connectivity index (χ2n) is 16.9. The summed E-state index contributed by atoms with van der Waals surface area (Å²) in [5.41, 5.74) is 1.58. The minimum absolute atomic E-state index is 0.00582. The predicted molar refractivity (Wildman–Crippen MR) is 224 cm³/mol. The molecule has 0 spiro atoms. The molecule has 3 amide bonds. The maximum atomic E-state index is 15.3. The van der Waals surface area contributed by atoms with Crippen LogP contribution in [0.4, 0.5) is 13.2 Å². The quantitative estimate of drug-likeness (QED) is 0.211. The molecule has 5 aliphatic rings. The van der Waals surface area contributed by atoms with E-state index in [1.165, 1.54) is 18.2 Å². The molecule has 4 aliphatic heterocycles. The topological polar surface area (TPSA) is 113 Å². The fourth-order valence-electron chi connectivity index (χ4n) is 9.85. The van der Waals surface area contributed by atoms with Crippen LogP contribution in [0.15, 0.2) is 89.7 Å². The summed E-state index contributed by atoms with van der Waals surface area (Å²) in [4.78, 5) is 62.4. The first-order valence-corrected chi connectivity index (χ1v) is 21.2. The number of nitrogens with one attached hydrogen (secondary N) is 1. The fraction of sp³-hybridized carbons (Fsp3) is 0.383. The molecule has 11 nitrogen and oxygen atoms in total. The van der Waals surface area contributed by atoms with Crippen LogP contribution in [-0.4, -0.2) is 130 Å². The molecule has 1 saturated carbocycles. The first kappa shape index (κ1) is 40.5. The van der Waals surface area contributed by atoms with E-state index in [1.54, 1.807) is 63.2 Å². The lowest BCUT2D eigenvalue weighted by molar-refractivity contribution is -0.134. The highest BCUT2D eigenvalue weighted by molar-refractivity contribution is 5.96. The van der Waals surface area contributed by atoms with E-state index < -0.39 is 34.8 Å². The van der Waals surface area contributed by atoms with Gasteiger partial charge in [-0.2, -0.15) is 5.10 Å². The van der Waals surface area contributed by atoms with Gasteiger partial charge in [0.2, 0.25) is 5.91 Å². The molecule has 5 fully saturated rings. The van der Waals surface area contributed by atoms with Crippen LogP contribution >= 0.6 is 0 Å². The van der Waals surface area contributed by atoms with Crippen molar-refractivity contribution in [3.8, 4) is 11.1 Å². The Labute approximate surface area is 351 Å². The molecule has 0 unspecified atom stereocenters. The molecule has 5 aromatic rings. The highest BCUT2D eigenvalue weighted by Gasteiger charge is 2.44. The standard InChI is InChI=1S/C47H48F3N7O4/c48-39-13-10-30(23-42-36-8-4-5-9-37(36)45(59)52-51-42)22-38(39)46(60)56-20-18-55(19-21-56)43(58)29-54-16-14-53(15-17-54)27-34-24-35-12-11-32(34)28-57(35)47(61)44-40(49)25-33(26-41(44)50)31-6-2-1-3-7-31/h1-10,13,22,25-26,32,34-35H,11-12,14-21,23-24,27-29H2,(H,52,59)/t32-,34-,35-/m1/s1. The van der Waals surface area contributed by atoms with E-state index in [4.69, 9.17) is 0 Å². The van der Waals surface area contributed by atoms with Crippen molar-refractivity contribution in [1.29, 1.82) is 0 Å². The summed E-state index contributed by atoms with van der Waals surface area (Å²) in [6.45, 7) is 6.11. The third-order valence-corrected chi connectivity index (χ3v) is 13.3. The summed E-state index contributed by atoms with van der Waals surface area (Å²) in [5, 5.41) is 7.94. The van der Waals surface area contributed by atoms with Crippen molar-refractivity contribution in [2.75, 3.05) is 72.0 Å². The molecule has 4 saturated heterocycles. The Morgan fingerprint density at radius 2 is 1.36 bits per heavy atom. The first-order chi connectivity index (χ1) is 29.6. The van der Waals surface area contributed by atoms with Crippen molar-refractivity contribution < 1.29 is 27.6 Å². The van der Waals surface area contributed by atoms with Gasteiger partial charge < -0.3 is 19.6 Å². The van der Waals surface area contributed by atoms with Gasteiger partial charge in [0.05, 0.1) is 23.2 Å². The van der Waals surface area contributed by atoms with Crippen LogP contribution < -0.4 is 5.56 Å². The van der Waals surface area contributed by atoms with E-state index >= 15 is 13.2 Å². The van der Waals surface area contributed by atoms with Crippen LogP contribution in [0.5, 0.6) is 0 Å². The number of halogens is 3. The largest absolute Gasteiger partial charge is 0.338 e. The van der Waals surface area contributed by atoms with Crippen LogP contribution in [0.25, 0.3) is 21.9 Å². The minimum atomic E-state index is -0.835. The molecule has 1 aromatic heterocycles. The lowest BCUT2D eigenvalue weighted by Crippen LogP contribution is -2.58.